The van der Waals surface area contributed by atoms with Crippen LogP contribution in [-0.4, -0.2) is 32.5 Å². The highest BCUT2D eigenvalue weighted by molar-refractivity contribution is 7.87. The number of aromatic nitrogens is 2. The Hall–Kier alpha value is -1.84. The van der Waals surface area contributed by atoms with Crippen LogP contribution < -0.4 is 5.73 Å². The van der Waals surface area contributed by atoms with Gasteiger partial charge in [0.15, 0.2) is 0 Å². The van der Waals surface area contributed by atoms with Gasteiger partial charge in [0.1, 0.15) is 19.7 Å². The van der Waals surface area contributed by atoms with E-state index in [0.717, 1.165) is 6.42 Å². The molecule has 9 heteroatoms. The summed E-state index contributed by atoms with van der Waals surface area (Å²) in [5.74, 6) is 0.0514. The normalized spacial score (nSPS) is 12.4. The summed E-state index contributed by atoms with van der Waals surface area (Å²) in [7, 11) is -1.21. The molecule has 0 radical (unpaired) electrons. The molecule has 1 atom stereocenters. The molecule has 0 aliphatic heterocycles. The highest BCUT2D eigenvalue weighted by Crippen LogP contribution is 2.39. The topological polar surface area (TPSA) is 95.2 Å². The minimum Gasteiger partial charge on any atom is -0.462 e. The molecule has 0 fully saturated rings. The molecule has 0 spiro atoms. The van der Waals surface area contributed by atoms with Crippen LogP contribution in [0.3, 0.4) is 0 Å². The van der Waals surface area contributed by atoms with Crippen molar-refractivity contribution in [2.75, 3.05) is 18.1 Å². The van der Waals surface area contributed by atoms with E-state index in [2.05, 4.69) is 9.97 Å². The van der Waals surface area contributed by atoms with Crippen LogP contribution in [0, 0.1) is 0 Å². The van der Waals surface area contributed by atoms with Crippen LogP contribution >= 0.6 is 22.7 Å². The number of nitrogens with two attached hydrogens (primary N) is 1. The number of hydrogen-bond acceptors (Lipinski definition) is 8. The van der Waals surface area contributed by atoms with E-state index in [0.29, 0.717) is 42.1 Å². The van der Waals surface area contributed by atoms with Crippen molar-refractivity contribution in [1.29, 1.82) is 0 Å². The second kappa shape index (κ2) is 7.59. The molecular weight excluding hydrogens is 378 g/mol. The molecular formula is C16H17N3O3S3. The predicted molar refractivity (Wildman–Crippen MR) is 103 cm³/mol. The van der Waals surface area contributed by atoms with Crippen LogP contribution in [0.4, 0.5) is 5.69 Å². The number of thiazole rings is 1. The zero-order chi connectivity index (χ0) is 18.0. The Morgan fingerprint density at radius 1 is 1.40 bits per heavy atom. The van der Waals surface area contributed by atoms with Crippen molar-refractivity contribution in [2.45, 2.75) is 24.5 Å². The number of pyridine rings is 1. The average molecular weight is 396 g/mol. The second-order valence-electron chi connectivity index (χ2n) is 5.15. The van der Waals surface area contributed by atoms with Crippen molar-refractivity contribution >= 4 is 55.3 Å². The number of nitrogens with zero attached hydrogens (tertiary/aromatic N) is 2. The third-order valence-electron chi connectivity index (χ3n) is 3.41. The first-order chi connectivity index (χ1) is 12.1. The quantitative estimate of drug-likeness (QED) is 0.640. The average Bonchev–Trinajstić information content (AvgIpc) is 3.23. The molecule has 3 aromatic heterocycles. The van der Waals surface area contributed by atoms with Gasteiger partial charge in [-0.1, -0.05) is 6.92 Å². The van der Waals surface area contributed by atoms with Gasteiger partial charge in [0.2, 0.25) is 0 Å². The van der Waals surface area contributed by atoms with Gasteiger partial charge < -0.3 is 10.5 Å². The minimum absolute atomic E-state index is 0.258. The van der Waals surface area contributed by atoms with Gasteiger partial charge in [-0.15, -0.1) is 22.7 Å². The van der Waals surface area contributed by atoms with Crippen molar-refractivity contribution in [3.05, 3.63) is 23.2 Å². The smallest absolute Gasteiger partial charge is 0.338 e. The van der Waals surface area contributed by atoms with Gasteiger partial charge in [-0.2, -0.15) is 0 Å². The Morgan fingerprint density at radius 3 is 2.84 bits per heavy atom. The monoisotopic (exact) mass is 395 g/mol. The Balaban J connectivity index is 2.24. The van der Waals surface area contributed by atoms with Gasteiger partial charge in [0.25, 0.3) is 0 Å². The fraction of sp³-hybridized carbons (Fsp3) is 0.312. The van der Waals surface area contributed by atoms with E-state index < -0.39 is 16.8 Å². The standard InChI is InChI=1S/C16H17N3O3S3/c1-3-7-25(21)16-12(17)11-9(15(20)22-4-2)8-10(19-14(11)24-16)13-18-5-6-23-13/h5-6,8H,3-4,7,17H2,1-2H3. The number of carbonyl (C=O) groups is 1. The van der Waals surface area contributed by atoms with Gasteiger partial charge in [0, 0.05) is 17.3 Å². The summed E-state index contributed by atoms with van der Waals surface area (Å²) in [6, 6.07) is 1.65. The number of nitrogen functional groups attached to an aromatic ring is 1. The summed E-state index contributed by atoms with van der Waals surface area (Å²) in [4.78, 5) is 21.9. The molecule has 1 unspecified atom stereocenters. The lowest BCUT2D eigenvalue weighted by molar-refractivity contribution is 0.0528. The van der Waals surface area contributed by atoms with Crippen LogP contribution in [0.15, 0.2) is 21.9 Å². The van der Waals surface area contributed by atoms with E-state index in [1.165, 1.54) is 22.7 Å². The van der Waals surface area contributed by atoms with Gasteiger partial charge in [0.05, 0.1) is 34.0 Å². The number of fused-ring (bicyclic) bond motifs is 1. The Kier molecular flexibility index (Phi) is 5.45. The van der Waals surface area contributed by atoms with E-state index in [-0.39, 0.29) is 6.61 Å². The van der Waals surface area contributed by atoms with Gasteiger partial charge >= 0.3 is 5.97 Å². The van der Waals surface area contributed by atoms with Crippen LogP contribution in [0.25, 0.3) is 20.9 Å². The summed E-state index contributed by atoms with van der Waals surface area (Å²) in [6.07, 6.45) is 2.46. The second-order valence-corrected chi connectivity index (χ2v) is 8.81. The maximum atomic E-state index is 12.4. The summed E-state index contributed by atoms with van der Waals surface area (Å²) >= 11 is 2.70. The lowest BCUT2D eigenvalue weighted by Gasteiger charge is -2.06. The van der Waals surface area contributed by atoms with Crippen molar-refractivity contribution in [3.8, 4) is 10.7 Å². The van der Waals surface area contributed by atoms with Crippen molar-refractivity contribution in [3.63, 3.8) is 0 Å². The fourth-order valence-electron chi connectivity index (χ4n) is 2.38. The zero-order valence-electron chi connectivity index (χ0n) is 13.8. The summed E-state index contributed by atoms with van der Waals surface area (Å²) in [5, 5.41) is 3.06. The van der Waals surface area contributed by atoms with Crippen LogP contribution in [0.1, 0.15) is 30.6 Å². The third-order valence-corrected chi connectivity index (χ3v) is 7.32. The number of ether oxygens (including phenoxy) is 1. The first-order valence-corrected chi connectivity index (χ1v) is 10.8. The maximum absolute atomic E-state index is 12.4. The molecule has 3 aromatic rings. The molecule has 25 heavy (non-hydrogen) atoms. The van der Waals surface area contributed by atoms with Gasteiger partial charge in [-0.25, -0.2) is 14.8 Å². The highest BCUT2D eigenvalue weighted by atomic mass is 32.2. The van der Waals surface area contributed by atoms with E-state index in [1.54, 1.807) is 19.2 Å². The number of rotatable bonds is 6. The van der Waals surface area contributed by atoms with Crippen molar-refractivity contribution in [2.24, 2.45) is 0 Å². The predicted octanol–water partition coefficient (Wildman–Crippen LogP) is 3.70. The zero-order valence-corrected chi connectivity index (χ0v) is 16.2. The molecule has 0 amide bonds. The van der Waals surface area contributed by atoms with E-state index >= 15 is 0 Å². The molecule has 0 saturated heterocycles. The van der Waals surface area contributed by atoms with Crippen molar-refractivity contribution < 1.29 is 13.7 Å². The summed E-state index contributed by atoms with van der Waals surface area (Å²) < 4.78 is 18.2. The Morgan fingerprint density at radius 2 is 2.20 bits per heavy atom. The largest absolute Gasteiger partial charge is 0.462 e. The number of anilines is 1. The maximum Gasteiger partial charge on any atom is 0.338 e. The Labute approximate surface area is 155 Å². The summed E-state index contributed by atoms with van der Waals surface area (Å²) in [6.45, 7) is 3.97. The summed E-state index contributed by atoms with van der Waals surface area (Å²) in [5.41, 5.74) is 7.51. The first-order valence-electron chi connectivity index (χ1n) is 7.75. The van der Waals surface area contributed by atoms with Crippen molar-refractivity contribution in [1.82, 2.24) is 9.97 Å². The van der Waals surface area contributed by atoms with Gasteiger partial charge in [-0.05, 0) is 19.4 Å². The third kappa shape index (κ3) is 3.44. The number of carbonyl (C=O) groups excluding carboxylic acids is 1. The van der Waals surface area contributed by atoms with Gasteiger partial charge in [-0.3, -0.25) is 4.21 Å². The van der Waals surface area contributed by atoms with Crippen LogP contribution in [-0.2, 0) is 15.5 Å². The first kappa shape index (κ1) is 18.0. The molecule has 0 aliphatic rings. The number of thiophene rings is 1. The lowest BCUT2D eigenvalue weighted by Crippen LogP contribution is -2.07. The number of esters is 1. The fourth-order valence-corrected chi connectivity index (χ4v) is 5.59. The molecule has 3 rings (SSSR count). The molecule has 6 nitrogen and oxygen atoms in total. The molecule has 132 valence electrons. The number of hydrogen-bond donors (Lipinski definition) is 1. The lowest BCUT2D eigenvalue weighted by atomic mass is 10.1. The van der Waals surface area contributed by atoms with E-state index in [4.69, 9.17) is 10.5 Å². The minimum atomic E-state index is -1.21. The molecule has 3 heterocycles. The molecule has 0 aromatic carbocycles. The molecule has 0 saturated carbocycles. The SMILES string of the molecule is CCCS(=O)c1sc2nc(-c3nccs3)cc(C(=O)OCC)c2c1N. The van der Waals surface area contributed by atoms with E-state index in [1.807, 2.05) is 12.3 Å². The molecule has 2 N–H and O–H groups in total. The van der Waals surface area contributed by atoms with Crippen LogP contribution in [0.5, 0.6) is 0 Å². The molecule has 0 bridgehead atoms. The molecule has 0 aliphatic carbocycles. The Bertz CT molecular complexity index is 935. The van der Waals surface area contributed by atoms with Crippen LogP contribution in [0.2, 0.25) is 0 Å². The highest BCUT2D eigenvalue weighted by Gasteiger charge is 2.23. The van der Waals surface area contributed by atoms with E-state index in [9.17, 15) is 9.00 Å².